The Morgan fingerprint density at radius 1 is 1.22 bits per heavy atom. The van der Waals surface area contributed by atoms with Crippen molar-refractivity contribution in [3.05, 3.63) is 27.8 Å². The van der Waals surface area contributed by atoms with E-state index in [9.17, 15) is 0 Å². The van der Waals surface area contributed by atoms with Crippen LogP contribution in [0, 0.1) is 0 Å². The van der Waals surface area contributed by atoms with Gasteiger partial charge in [0.05, 0.1) is 12.1 Å². The van der Waals surface area contributed by atoms with Gasteiger partial charge in [-0.15, -0.1) is 0 Å². The van der Waals surface area contributed by atoms with Crippen LogP contribution in [0.3, 0.4) is 0 Å². The van der Waals surface area contributed by atoms with E-state index >= 15 is 0 Å². The van der Waals surface area contributed by atoms with Gasteiger partial charge in [-0.05, 0) is 56.7 Å². The molecule has 0 bridgehead atoms. The van der Waals surface area contributed by atoms with Gasteiger partial charge in [-0.25, -0.2) is 0 Å². The molecule has 0 aliphatic heterocycles. The van der Waals surface area contributed by atoms with Gasteiger partial charge >= 0.3 is 0 Å². The standard InChI is InChI=1S/C15H22ClNO/c1-15(2,17)13-11-8-6-4-5-7-10(11)9-12(16)14(13)18-3/h9H,4-8,17H2,1-3H3. The molecule has 0 unspecified atom stereocenters. The Kier molecular flexibility index (Phi) is 3.88. The van der Waals surface area contributed by atoms with Crippen molar-refractivity contribution >= 4 is 11.6 Å². The highest BCUT2D eigenvalue weighted by molar-refractivity contribution is 6.32. The first kappa shape index (κ1) is 13.7. The molecule has 18 heavy (non-hydrogen) atoms. The second kappa shape index (κ2) is 5.10. The average Bonchev–Trinajstić information content (AvgIpc) is 2.50. The maximum atomic E-state index is 6.35. The van der Waals surface area contributed by atoms with Crippen molar-refractivity contribution in [1.82, 2.24) is 0 Å². The molecule has 0 radical (unpaired) electrons. The van der Waals surface area contributed by atoms with Crippen LogP contribution in [0.25, 0.3) is 0 Å². The van der Waals surface area contributed by atoms with E-state index in [4.69, 9.17) is 22.1 Å². The van der Waals surface area contributed by atoms with Crippen molar-refractivity contribution in [2.24, 2.45) is 5.73 Å². The second-order valence-corrected chi connectivity index (χ2v) is 6.09. The monoisotopic (exact) mass is 267 g/mol. The van der Waals surface area contributed by atoms with E-state index in [1.165, 1.54) is 30.4 Å². The second-order valence-electron chi connectivity index (χ2n) is 5.69. The summed E-state index contributed by atoms with van der Waals surface area (Å²) in [5.74, 6) is 0.754. The van der Waals surface area contributed by atoms with Crippen LogP contribution in [0.4, 0.5) is 0 Å². The third kappa shape index (κ3) is 2.50. The first-order valence-electron chi connectivity index (χ1n) is 6.62. The molecule has 0 saturated heterocycles. The van der Waals surface area contributed by atoms with Crippen molar-refractivity contribution < 1.29 is 4.74 Å². The van der Waals surface area contributed by atoms with Crippen LogP contribution < -0.4 is 10.5 Å². The molecule has 1 aliphatic carbocycles. The third-order valence-corrected chi connectivity index (χ3v) is 3.94. The molecule has 100 valence electrons. The number of aryl methyl sites for hydroxylation is 1. The number of halogens is 1. The Morgan fingerprint density at radius 2 is 1.89 bits per heavy atom. The molecule has 0 fully saturated rings. The van der Waals surface area contributed by atoms with Crippen molar-refractivity contribution in [3.63, 3.8) is 0 Å². The minimum atomic E-state index is -0.426. The van der Waals surface area contributed by atoms with E-state index in [0.29, 0.717) is 5.02 Å². The Morgan fingerprint density at radius 3 is 2.50 bits per heavy atom. The molecule has 0 heterocycles. The molecular weight excluding hydrogens is 246 g/mol. The summed E-state index contributed by atoms with van der Waals surface area (Å²) >= 11 is 6.35. The Bertz CT molecular complexity index is 449. The van der Waals surface area contributed by atoms with Crippen LogP contribution >= 0.6 is 11.6 Å². The first-order valence-corrected chi connectivity index (χ1v) is 7.00. The predicted octanol–water partition coefficient (Wildman–Crippen LogP) is 3.81. The Labute approximate surface area is 114 Å². The van der Waals surface area contributed by atoms with Crippen LogP contribution in [0.5, 0.6) is 5.75 Å². The van der Waals surface area contributed by atoms with Gasteiger partial charge in [0, 0.05) is 11.1 Å². The zero-order chi connectivity index (χ0) is 13.3. The minimum Gasteiger partial charge on any atom is -0.495 e. The predicted molar refractivity (Wildman–Crippen MR) is 76.5 cm³/mol. The van der Waals surface area contributed by atoms with Crippen LogP contribution in [-0.4, -0.2) is 7.11 Å². The van der Waals surface area contributed by atoms with Crippen molar-refractivity contribution in [2.45, 2.75) is 51.5 Å². The number of fused-ring (bicyclic) bond motifs is 1. The number of ether oxygens (including phenoxy) is 1. The van der Waals surface area contributed by atoms with Gasteiger partial charge < -0.3 is 10.5 Å². The van der Waals surface area contributed by atoms with Crippen molar-refractivity contribution in [3.8, 4) is 5.75 Å². The number of hydrogen-bond acceptors (Lipinski definition) is 2. The van der Waals surface area contributed by atoms with Crippen LogP contribution in [-0.2, 0) is 18.4 Å². The smallest absolute Gasteiger partial charge is 0.142 e. The summed E-state index contributed by atoms with van der Waals surface area (Å²) in [6, 6.07) is 2.07. The highest BCUT2D eigenvalue weighted by Crippen LogP contribution is 2.41. The zero-order valence-corrected chi connectivity index (χ0v) is 12.2. The fraction of sp³-hybridized carbons (Fsp3) is 0.600. The summed E-state index contributed by atoms with van der Waals surface area (Å²) in [7, 11) is 1.67. The number of rotatable bonds is 2. The highest BCUT2D eigenvalue weighted by Gasteiger charge is 2.27. The van der Waals surface area contributed by atoms with E-state index in [-0.39, 0.29) is 0 Å². The number of benzene rings is 1. The van der Waals surface area contributed by atoms with Crippen molar-refractivity contribution in [1.29, 1.82) is 0 Å². The van der Waals surface area contributed by atoms with E-state index < -0.39 is 5.54 Å². The molecule has 0 atom stereocenters. The van der Waals surface area contributed by atoms with Gasteiger partial charge in [0.1, 0.15) is 5.75 Å². The average molecular weight is 268 g/mol. The summed E-state index contributed by atoms with van der Waals surface area (Å²) in [4.78, 5) is 0. The zero-order valence-electron chi connectivity index (χ0n) is 11.5. The summed E-state index contributed by atoms with van der Waals surface area (Å²) in [6.07, 6.45) is 5.92. The maximum Gasteiger partial charge on any atom is 0.142 e. The van der Waals surface area contributed by atoms with Crippen LogP contribution in [0.15, 0.2) is 6.07 Å². The lowest BCUT2D eigenvalue weighted by atomic mass is 9.85. The Balaban J connectivity index is 2.69. The topological polar surface area (TPSA) is 35.2 Å². The molecule has 1 aromatic rings. The normalized spacial score (nSPS) is 16.1. The van der Waals surface area contributed by atoms with Gasteiger partial charge in [0.2, 0.25) is 0 Å². The molecule has 2 N–H and O–H groups in total. The summed E-state index contributed by atoms with van der Waals surface area (Å²) in [5, 5.41) is 0.687. The van der Waals surface area contributed by atoms with Gasteiger partial charge in [0.15, 0.2) is 0 Å². The molecule has 0 spiro atoms. The fourth-order valence-corrected chi connectivity index (χ4v) is 3.21. The third-order valence-electron chi connectivity index (χ3n) is 3.66. The van der Waals surface area contributed by atoms with E-state index in [0.717, 1.165) is 24.2 Å². The molecule has 2 rings (SSSR count). The first-order chi connectivity index (χ1) is 8.45. The molecule has 0 amide bonds. The number of methoxy groups -OCH3 is 1. The largest absolute Gasteiger partial charge is 0.495 e. The fourth-order valence-electron chi connectivity index (χ4n) is 2.91. The summed E-state index contributed by atoms with van der Waals surface area (Å²) in [5.41, 5.74) is 9.72. The minimum absolute atomic E-state index is 0.426. The van der Waals surface area contributed by atoms with Gasteiger partial charge in [-0.1, -0.05) is 18.0 Å². The molecule has 1 aromatic carbocycles. The van der Waals surface area contributed by atoms with Crippen LogP contribution in [0.1, 0.15) is 49.8 Å². The van der Waals surface area contributed by atoms with Gasteiger partial charge in [-0.2, -0.15) is 0 Å². The maximum absolute atomic E-state index is 6.35. The molecular formula is C15H22ClNO. The number of hydrogen-bond donors (Lipinski definition) is 1. The number of nitrogens with two attached hydrogens (primary N) is 1. The van der Waals surface area contributed by atoms with E-state index in [1.54, 1.807) is 7.11 Å². The Hall–Kier alpha value is -0.730. The SMILES string of the molecule is COc1c(Cl)cc2c(c1C(C)(C)N)CCCCC2. The molecule has 1 aliphatic rings. The molecule has 0 saturated carbocycles. The van der Waals surface area contributed by atoms with E-state index in [1.807, 2.05) is 13.8 Å². The molecule has 3 heteroatoms. The van der Waals surface area contributed by atoms with Crippen molar-refractivity contribution in [2.75, 3.05) is 7.11 Å². The highest BCUT2D eigenvalue weighted by atomic mass is 35.5. The lowest BCUT2D eigenvalue weighted by molar-refractivity contribution is 0.392. The van der Waals surface area contributed by atoms with Gasteiger partial charge in [-0.3, -0.25) is 0 Å². The molecule has 2 nitrogen and oxygen atoms in total. The summed E-state index contributed by atoms with van der Waals surface area (Å²) < 4.78 is 5.50. The van der Waals surface area contributed by atoms with Crippen LogP contribution in [0.2, 0.25) is 5.02 Å². The summed E-state index contributed by atoms with van der Waals surface area (Å²) in [6.45, 7) is 4.04. The molecule has 0 aromatic heterocycles. The lowest BCUT2D eigenvalue weighted by Crippen LogP contribution is -2.31. The van der Waals surface area contributed by atoms with Gasteiger partial charge in [0.25, 0.3) is 0 Å². The quantitative estimate of drug-likeness (QED) is 0.827. The lowest BCUT2D eigenvalue weighted by Gasteiger charge is -2.27. The van der Waals surface area contributed by atoms with E-state index in [2.05, 4.69) is 6.07 Å².